The smallest absolute Gasteiger partial charge is 0.319 e. The topological polar surface area (TPSA) is 94.8 Å². The van der Waals surface area contributed by atoms with Crippen molar-refractivity contribution in [1.29, 1.82) is 0 Å². The van der Waals surface area contributed by atoms with E-state index in [2.05, 4.69) is 25.8 Å². The average Bonchev–Trinajstić information content (AvgIpc) is 3.78. The number of anilines is 1. The number of aliphatic hydroxyl groups is 1. The van der Waals surface area contributed by atoms with Gasteiger partial charge < -0.3 is 19.8 Å². The first kappa shape index (κ1) is 31.0. The number of phenolic OH excluding ortho intramolecular Hbond substituents is 1. The van der Waals surface area contributed by atoms with Gasteiger partial charge in [0.1, 0.15) is 47.0 Å². The number of hydrogen-bond acceptors (Lipinski definition) is 8. The Labute approximate surface area is 272 Å². The molecule has 0 spiro atoms. The van der Waals surface area contributed by atoms with Crippen LogP contribution < -0.4 is 9.64 Å². The zero-order valence-corrected chi connectivity index (χ0v) is 25.8. The molecule has 8 rings (SSSR count). The van der Waals surface area contributed by atoms with Crippen molar-refractivity contribution in [2.24, 2.45) is 11.8 Å². The number of terminal acetylenes is 1. The first-order valence-electron chi connectivity index (χ1n) is 16.0. The van der Waals surface area contributed by atoms with E-state index in [-0.39, 0.29) is 95.1 Å². The van der Waals surface area contributed by atoms with Crippen LogP contribution in [-0.2, 0) is 0 Å². The maximum Gasteiger partial charge on any atom is 0.319 e. The average molecular weight is 666 g/mol. The van der Waals surface area contributed by atoms with Gasteiger partial charge in [-0.1, -0.05) is 12.0 Å². The van der Waals surface area contributed by atoms with E-state index in [0.29, 0.717) is 18.4 Å². The Morgan fingerprint density at radius 1 is 1.08 bits per heavy atom. The number of ether oxygens (including phenoxy) is 1. The molecular formula is C35H32F5N5O3. The van der Waals surface area contributed by atoms with E-state index in [1.807, 2.05) is 4.90 Å². The summed E-state index contributed by atoms with van der Waals surface area (Å²) in [6.07, 6.45) is 4.96. The van der Waals surface area contributed by atoms with Crippen LogP contribution in [0.3, 0.4) is 0 Å². The second-order valence-corrected chi connectivity index (χ2v) is 13.8. The van der Waals surface area contributed by atoms with Crippen LogP contribution >= 0.6 is 0 Å². The molecule has 2 N–H and O–H groups in total. The van der Waals surface area contributed by atoms with E-state index in [4.69, 9.17) is 11.2 Å². The molecule has 250 valence electrons. The van der Waals surface area contributed by atoms with Crippen LogP contribution in [0.1, 0.15) is 37.7 Å². The molecule has 3 aliphatic heterocycles. The first-order chi connectivity index (χ1) is 23.0. The lowest BCUT2D eigenvalue weighted by Gasteiger charge is -2.31. The summed E-state index contributed by atoms with van der Waals surface area (Å²) in [6, 6.07) is 5.10. The van der Waals surface area contributed by atoms with Gasteiger partial charge in [-0.25, -0.2) is 22.0 Å². The normalized spacial score (nSPS) is 28.5. The summed E-state index contributed by atoms with van der Waals surface area (Å²) in [5, 5.41) is 21.8. The predicted octanol–water partition coefficient (Wildman–Crippen LogP) is 5.61. The highest BCUT2D eigenvalue weighted by molar-refractivity contribution is 6.03. The fourth-order valence-electron chi connectivity index (χ4n) is 8.66. The molecule has 3 saturated heterocycles. The first-order valence-corrected chi connectivity index (χ1v) is 16.0. The lowest BCUT2D eigenvalue weighted by Crippen LogP contribution is -2.43. The van der Waals surface area contributed by atoms with Crippen LogP contribution in [0, 0.1) is 35.8 Å². The van der Waals surface area contributed by atoms with E-state index in [0.717, 1.165) is 19.4 Å². The van der Waals surface area contributed by atoms with Crippen molar-refractivity contribution in [3.05, 3.63) is 47.7 Å². The molecular weight excluding hydrogens is 633 g/mol. The van der Waals surface area contributed by atoms with Crippen LogP contribution in [0.2, 0.25) is 0 Å². The number of rotatable bonds is 6. The van der Waals surface area contributed by atoms with E-state index in [1.165, 1.54) is 30.5 Å². The number of aromatic nitrogens is 3. The molecule has 1 saturated carbocycles. The lowest BCUT2D eigenvalue weighted by atomic mass is 9.95. The molecule has 4 fully saturated rings. The molecule has 4 aliphatic rings. The minimum atomic E-state index is -2.86. The minimum absolute atomic E-state index is 0.0573. The Kier molecular flexibility index (Phi) is 7.19. The lowest BCUT2D eigenvalue weighted by molar-refractivity contribution is -0.0947. The van der Waals surface area contributed by atoms with Gasteiger partial charge >= 0.3 is 6.01 Å². The molecule has 2 unspecified atom stereocenters. The van der Waals surface area contributed by atoms with Gasteiger partial charge in [0.25, 0.3) is 6.43 Å². The SMILES string of the molecule is C#Cc1c(F)ccc2cc(O)cc(-c3ncc4c(N5CC6CC(O)(C(F)F)CC6C5)nc(OC[C@@]56CCCN5C[C@H](F)C6)nc4c3F)c12. The van der Waals surface area contributed by atoms with E-state index in [1.54, 1.807) is 0 Å². The second kappa shape index (κ2) is 11.1. The van der Waals surface area contributed by atoms with Crippen LogP contribution in [0.4, 0.5) is 27.8 Å². The molecule has 13 heteroatoms. The van der Waals surface area contributed by atoms with E-state index < -0.39 is 35.4 Å². The van der Waals surface area contributed by atoms with Gasteiger partial charge in [-0.2, -0.15) is 9.97 Å². The Hall–Kier alpha value is -4.28. The molecule has 2 aromatic carbocycles. The Balaban J connectivity index is 1.24. The number of nitrogens with zero attached hydrogens (tertiary/aromatic N) is 5. The van der Waals surface area contributed by atoms with Gasteiger partial charge in [0.15, 0.2) is 5.82 Å². The molecule has 4 atom stereocenters. The number of benzene rings is 2. The number of aromatic hydroxyl groups is 1. The highest BCUT2D eigenvalue weighted by Crippen LogP contribution is 2.48. The van der Waals surface area contributed by atoms with Crippen LogP contribution in [0.15, 0.2) is 30.5 Å². The van der Waals surface area contributed by atoms with E-state index >= 15 is 4.39 Å². The number of pyridine rings is 1. The number of alkyl halides is 3. The van der Waals surface area contributed by atoms with Crippen molar-refractivity contribution in [2.45, 2.75) is 55.8 Å². The summed E-state index contributed by atoms with van der Waals surface area (Å²) in [4.78, 5) is 17.4. The molecule has 1 aliphatic carbocycles. The van der Waals surface area contributed by atoms with Crippen molar-refractivity contribution in [2.75, 3.05) is 37.7 Å². The molecule has 8 nitrogen and oxygen atoms in total. The molecule has 2 aromatic heterocycles. The van der Waals surface area contributed by atoms with Crippen molar-refractivity contribution in [1.82, 2.24) is 19.9 Å². The van der Waals surface area contributed by atoms with Crippen LogP contribution in [0.5, 0.6) is 11.8 Å². The van der Waals surface area contributed by atoms with Gasteiger partial charge in [0.05, 0.1) is 16.5 Å². The van der Waals surface area contributed by atoms with Gasteiger partial charge in [-0.05, 0) is 67.6 Å². The summed E-state index contributed by atoms with van der Waals surface area (Å²) >= 11 is 0. The van der Waals surface area contributed by atoms with Crippen molar-refractivity contribution in [3.63, 3.8) is 0 Å². The zero-order valence-electron chi connectivity index (χ0n) is 25.8. The van der Waals surface area contributed by atoms with E-state index in [9.17, 15) is 27.8 Å². The third-order valence-corrected chi connectivity index (χ3v) is 10.8. The Morgan fingerprint density at radius 3 is 2.58 bits per heavy atom. The quantitative estimate of drug-likeness (QED) is 0.203. The monoisotopic (exact) mass is 665 g/mol. The maximum atomic E-state index is 16.8. The Bertz CT molecular complexity index is 1990. The predicted molar refractivity (Wildman–Crippen MR) is 168 cm³/mol. The van der Waals surface area contributed by atoms with Crippen LogP contribution in [0.25, 0.3) is 32.9 Å². The van der Waals surface area contributed by atoms with Crippen molar-refractivity contribution >= 4 is 27.5 Å². The Morgan fingerprint density at radius 2 is 1.85 bits per heavy atom. The largest absolute Gasteiger partial charge is 0.508 e. The standard InChI is InChI=1S/C35H32F5N5O3/c1-2-23-26(37)5-4-18-8-22(46)9-24(27(18)23)29-28(38)30-25(13-41-29)31(44-14-19-10-35(47,32(39)40)11-20(19)15-44)43-33(42-30)48-17-34-6-3-7-45(34)16-21(36)12-34/h1,4-5,8-9,13,19-21,32,46-47H,3,6-7,10-12,14-17H2/t19?,20?,21-,34+,35?/m1/s1. The molecule has 0 amide bonds. The minimum Gasteiger partial charge on any atom is -0.508 e. The van der Waals surface area contributed by atoms with Crippen molar-refractivity contribution in [3.8, 4) is 35.4 Å². The van der Waals surface area contributed by atoms with Gasteiger partial charge in [0.2, 0.25) is 0 Å². The molecule has 5 heterocycles. The third kappa shape index (κ3) is 4.83. The summed E-state index contributed by atoms with van der Waals surface area (Å²) in [6.45, 7) is 1.73. The van der Waals surface area contributed by atoms with Gasteiger partial charge in [0, 0.05) is 43.2 Å². The van der Waals surface area contributed by atoms with Crippen molar-refractivity contribution < 1.29 is 36.9 Å². The molecule has 0 radical (unpaired) electrons. The maximum absolute atomic E-state index is 16.8. The number of halogens is 5. The summed E-state index contributed by atoms with van der Waals surface area (Å²) in [5.74, 6) is 0.332. The molecule has 4 aromatic rings. The second-order valence-electron chi connectivity index (χ2n) is 13.8. The van der Waals surface area contributed by atoms with Crippen LogP contribution in [-0.4, -0.2) is 86.6 Å². The van der Waals surface area contributed by atoms with Gasteiger partial charge in [-0.3, -0.25) is 9.88 Å². The number of phenols is 1. The molecule has 0 bridgehead atoms. The highest BCUT2D eigenvalue weighted by Gasteiger charge is 2.53. The summed E-state index contributed by atoms with van der Waals surface area (Å²) < 4.78 is 79.5. The zero-order chi connectivity index (χ0) is 33.5. The van der Waals surface area contributed by atoms with Gasteiger partial charge in [-0.15, -0.1) is 6.42 Å². The fourth-order valence-corrected chi connectivity index (χ4v) is 8.66. The fraction of sp³-hybridized carbons (Fsp3) is 0.457. The molecule has 48 heavy (non-hydrogen) atoms. The third-order valence-electron chi connectivity index (χ3n) is 10.8. The summed E-state index contributed by atoms with van der Waals surface area (Å²) in [7, 11) is 0. The summed E-state index contributed by atoms with van der Waals surface area (Å²) in [5.41, 5.74) is -3.03. The number of fused-ring (bicyclic) bond motifs is 4. The number of hydrogen-bond donors (Lipinski definition) is 2. The highest BCUT2D eigenvalue weighted by atomic mass is 19.3.